The summed E-state index contributed by atoms with van der Waals surface area (Å²) in [7, 11) is 1.85. The molecule has 1 fully saturated rings. The Labute approximate surface area is 207 Å². The van der Waals surface area contributed by atoms with Gasteiger partial charge in [0, 0.05) is 24.3 Å². The quantitative estimate of drug-likeness (QED) is 0.391. The van der Waals surface area contributed by atoms with Crippen LogP contribution in [0.2, 0.25) is 0 Å². The summed E-state index contributed by atoms with van der Waals surface area (Å²) in [6.07, 6.45) is 9.04. The normalized spacial score (nSPS) is 14.8. The lowest BCUT2D eigenvalue weighted by Gasteiger charge is -2.38. The van der Waals surface area contributed by atoms with E-state index in [1.54, 1.807) is 4.68 Å². The van der Waals surface area contributed by atoms with Crippen LogP contribution in [0.15, 0.2) is 85.3 Å². The summed E-state index contributed by atoms with van der Waals surface area (Å²) in [6, 6.07) is 23.0. The van der Waals surface area contributed by atoms with Crippen molar-refractivity contribution in [2.75, 3.05) is 0 Å². The molecule has 0 spiro atoms. The number of hydrogen-bond acceptors (Lipinski definition) is 5. The smallest absolute Gasteiger partial charge is 0.321 e. The highest BCUT2D eigenvalue weighted by Crippen LogP contribution is 2.39. The molecule has 176 valence electrons. The van der Waals surface area contributed by atoms with E-state index in [-0.39, 0.29) is 5.54 Å². The van der Waals surface area contributed by atoms with E-state index in [0.717, 1.165) is 46.2 Å². The van der Waals surface area contributed by atoms with E-state index >= 15 is 0 Å². The third kappa shape index (κ3) is 3.22. The fraction of sp³-hybridized carbons (Fsp3) is 0.179. The maximum absolute atomic E-state index is 6.58. The number of pyridine rings is 2. The molecule has 0 amide bonds. The first kappa shape index (κ1) is 20.9. The molecule has 0 saturated heterocycles. The van der Waals surface area contributed by atoms with Crippen LogP contribution in [0.1, 0.15) is 24.8 Å². The first-order chi connectivity index (χ1) is 17.6. The second kappa shape index (κ2) is 7.79. The van der Waals surface area contributed by atoms with Crippen molar-refractivity contribution in [2.24, 2.45) is 12.8 Å². The predicted octanol–water partition coefficient (Wildman–Crippen LogP) is 3.96. The summed E-state index contributed by atoms with van der Waals surface area (Å²) in [5.74, 6) is 0.712. The molecule has 6 aromatic rings. The Morgan fingerprint density at radius 3 is 2.47 bits per heavy atom. The number of aryl methyl sites for hydroxylation is 1. The fourth-order valence-electron chi connectivity index (χ4n) is 5.08. The lowest BCUT2D eigenvalue weighted by molar-refractivity contribution is -0.498. The van der Waals surface area contributed by atoms with Gasteiger partial charge in [0.25, 0.3) is 5.65 Å². The van der Waals surface area contributed by atoms with Crippen molar-refractivity contribution < 1.29 is 4.40 Å². The predicted molar refractivity (Wildman–Crippen MR) is 137 cm³/mol. The van der Waals surface area contributed by atoms with Gasteiger partial charge in [0.2, 0.25) is 0 Å². The molecule has 4 aromatic heterocycles. The molecular weight excluding hydrogens is 448 g/mol. The number of fused-ring (bicyclic) bond motifs is 3. The van der Waals surface area contributed by atoms with Crippen LogP contribution in [-0.4, -0.2) is 29.8 Å². The van der Waals surface area contributed by atoms with Crippen molar-refractivity contribution in [3.05, 3.63) is 90.9 Å². The average molecular weight is 474 g/mol. The summed E-state index contributed by atoms with van der Waals surface area (Å²) >= 11 is 0. The van der Waals surface area contributed by atoms with Gasteiger partial charge in [-0.15, -0.1) is 5.10 Å². The van der Waals surface area contributed by atoms with Crippen molar-refractivity contribution in [2.45, 2.75) is 24.8 Å². The average Bonchev–Trinajstić information content (AvgIpc) is 3.51. The summed E-state index contributed by atoms with van der Waals surface area (Å²) in [5.41, 5.74) is 13.2. The van der Waals surface area contributed by atoms with Gasteiger partial charge in [-0.05, 0) is 54.7 Å². The molecular formula is C28H25N8+. The van der Waals surface area contributed by atoms with E-state index in [1.165, 1.54) is 12.0 Å². The molecule has 2 aromatic carbocycles. The highest BCUT2D eigenvalue weighted by molar-refractivity contribution is 5.93. The zero-order chi connectivity index (χ0) is 24.3. The van der Waals surface area contributed by atoms with Gasteiger partial charge in [0.1, 0.15) is 5.69 Å². The Hall–Kier alpha value is -4.43. The minimum atomic E-state index is -0.203. The van der Waals surface area contributed by atoms with Crippen LogP contribution in [0, 0.1) is 0 Å². The lowest BCUT2D eigenvalue weighted by Crippen LogP contribution is -2.43. The fourth-order valence-corrected chi connectivity index (χ4v) is 5.08. The van der Waals surface area contributed by atoms with Crippen LogP contribution in [0.3, 0.4) is 0 Å². The largest absolute Gasteiger partial charge is 0.336 e. The topological polar surface area (TPSA) is 91.5 Å². The van der Waals surface area contributed by atoms with Crippen LogP contribution >= 0.6 is 0 Å². The highest BCUT2D eigenvalue weighted by Gasteiger charge is 2.34. The van der Waals surface area contributed by atoms with Crippen molar-refractivity contribution in [1.29, 1.82) is 0 Å². The van der Waals surface area contributed by atoms with Gasteiger partial charge in [0.15, 0.2) is 5.69 Å². The maximum Gasteiger partial charge on any atom is 0.336 e. The SMILES string of the molecule is Cn1cc(-c2nn(-c3ccc(C4(N)CCC4)cc3)c3c4cc(-c5ccccc5)cnc4cc[n+]23)nn1. The van der Waals surface area contributed by atoms with E-state index in [2.05, 4.69) is 57.2 Å². The summed E-state index contributed by atoms with van der Waals surface area (Å²) < 4.78 is 5.72. The van der Waals surface area contributed by atoms with Gasteiger partial charge in [-0.2, -0.15) is 4.40 Å². The molecule has 0 aliphatic heterocycles. The van der Waals surface area contributed by atoms with Crippen LogP contribution in [0.4, 0.5) is 0 Å². The maximum atomic E-state index is 6.58. The molecule has 2 N–H and O–H groups in total. The zero-order valence-corrected chi connectivity index (χ0v) is 19.9. The van der Waals surface area contributed by atoms with Crippen LogP contribution in [-0.2, 0) is 12.6 Å². The minimum absolute atomic E-state index is 0.203. The third-order valence-electron chi connectivity index (χ3n) is 7.26. The van der Waals surface area contributed by atoms with Gasteiger partial charge in [-0.1, -0.05) is 52.4 Å². The molecule has 7 rings (SSSR count). The second-order valence-corrected chi connectivity index (χ2v) is 9.60. The van der Waals surface area contributed by atoms with E-state index in [0.29, 0.717) is 11.5 Å². The molecule has 0 atom stereocenters. The lowest BCUT2D eigenvalue weighted by atomic mass is 9.73. The van der Waals surface area contributed by atoms with Crippen molar-refractivity contribution in [1.82, 2.24) is 29.8 Å². The van der Waals surface area contributed by atoms with E-state index in [4.69, 9.17) is 15.8 Å². The molecule has 1 aliphatic carbocycles. The summed E-state index contributed by atoms with van der Waals surface area (Å²) in [5, 5.41) is 14.5. The highest BCUT2D eigenvalue weighted by atomic mass is 15.4. The number of hydrogen-bond donors (Lipinski definition) is 1. The Morgan fingerprint density at radius 1 is 0.972 bits per heavy atom. The van der Waals surface area contributed by atoms with Gasteiger partial charge in [-0.25, -0.2) is 0 Å². The number of nitrogens with two attached hydrogens (primary N) is 1. The number of rotatable bonds is 4. The Bertz CT molecular complexity index is 1730. The monoisotopic (exact) mass is 473 g/mol. The second-order valence-electron chi connectivity index (χ2n) is 9.60. The zero-order valence-electron chi connectivity index (χ0n) is 19.9. The molecule has 0 radical (unpaired) electrons. The van der Waals surface area contributed by atoms with Crippen LogP contribution in [0.5, 0.6) is 0 Å². The minimum Gasteiger partial charge on any atom is -0.321 e. The third-order valence-corrected chi connectivity index (χ3v) is 7.26. The first-order valence-corrected chi connectivity index (χ1v) is 12.1. The Kier molecular flexibility index (Phi) is 4.52. The molecule has 8 heteroatoms. The van der Waals surface area contributed by atoms with E-state index in [1.807, 2.05) is 54.6 Å². The van der Waals surface area contributed by atoms with Gasteiger partial charge in [0.05, 0.1) is 28.4 Å². The standard InChI is InChI=1S/C28H25N8/c1-34-18-25(31-33-34)26-32-36(22-10-8-21(9-11-22)28(29)13-5-14-28)27-23-16-20(19-6-3-2-4-7-19)17-30-24(23)12-15-35(26)27/h2-4,6-12,15-18H,5,13-14,29H2,1H3/q+1. The van der Waals surface area contributed by atoms with Gasteiger partial charge < -0.3 is 5.73 Å². The van der Waals surface area contributed by atoms with Gasteiger partial charge in [-0.3, -0.25) is 9.67 Å². The van der Waals surface area contributed by atoms with Crippen molar-refractivity contribution >= 4 is 16.6 Å². The molecule has 4 heterocycles. The van der Waals surface area contributed by atoms with Crippen LogP contribution in [0.25, 0.3) is 44.9 Å². The summed E-state index contributed by atoms with van der Waals surface area (Å²) in [6.45, 7) is 0. The molecule has 8 nitrogen and oxygen atoms in total. The van der Waals surface area contributed by atoms with E-state index in [9.17, 15) is 0 Å². The number of nitrogens with zero attached hydrogens (tertiary/aromatic N) is 7. The molecule has 36 heavy (non-hydrogen) atoms. The van der Waals surface area contributed by atoms with Crippen molar-refractivity contribution in [3.63, 3.8) is 0 Å². The number of aromatic nitrogens is 7. The first-order valence-electron chi connectivity index (χ1n) is 12.1. The summed E-state index contributed by atoms with van der Waals surface area (Å²) in [4.78, 5) is 4.79. The van der Waals surface area contributed by atoms with Crippen LogP contribution < -0.4 is 10.1 Å². The molecule has 1 saturated carbocycles. The Morgan fingerprint density at radius 2 is 1.78 bits per heavy atom. The Balaban J connectivity index is 1.48. The molecule has 0 bridgehead atoms. The van der Waals surface area contributed by atoms with E-state index < -0.39 is 0 Å². The van der Waals surface area contributed by atoms with Crippen molar-refractivity contribution in [3.8, 4) is 28.3 Å². The molecule has 1 aliphatic rings. The number of benzene rings is 2. The molecule has 0 unspecified atom stereocenters. The van der Waals surface area contributed by atoms with Gasteiger partial charge >= 0.3 is 5.82 Å².